The molecule has 0 radical (unpaired) electrons. The molecule has 33 heavy (non-hydrogen) atoms. The van der Waals surface area contributed by atoms with E-state index in [4.69, 9.17) is 5.21 Å². The van der Waals surface area contributed by atoms with E-state index >= 15 is 0 Å². The second-order valence-electron chi connectivity index (χ2n) is 8.06. The normalized spacial score (nSPS) is 15.8. The van der Waals surface area contributed by atoms with E-state index in [1.54, 1.807) is 18.2 Å². The van der Waals surface area contributed by atoms with E-state index in [9.17, 15) is 13.2 Å². The number of amides is 1. The third kappa shape index (κ3) is 5.66. The maximum atomic E-state index is 13.1. The van der Waals surface area contributed by atoms with Crippen LogP contribution in [0.1, 0.15) is 11.1 Å². The van der Waals surface area contributed by atoms with E-state index in [0.717, 1.165) is 19.0 Å². The van der Waals surface area contributed by atoms with E-state index in [-0.39, 0.29) is 4.90 Å². The Labute approximate surface area is 193 Å². The summed E-state index contributed by atoms with van der Waals surface area (Å²) in [4.78, 5) is 13.7. The van der Waals surface area contributed by atoms with Crippen molar-refractivity contribution in [2.45, 2.75) is 11.3 Å². The van der Waals surface area contributed by atoms with Gasteiger partial charge in [0.25, 0.3) is 5.91 Å². The van der Waals surface area contributed by atoms with Crippen molar-refractivity contribution in [2.75, 3.05) is 32.7 Å². The molecule has 0 aromatic heterocycles. The van der Waals surface area contributed by atoms with Gasteiger partial charge in [-0.15, -0.1) is 0 Å². The lowest BCUT2D eigenvalue weighted by atomic mass is 10.0. The standard InChI is InChI=1S/C25H27N3O4S/c29-25(26-30)11-9-20-4-3-7-24(19-20)33(31,32)28-16-14-27(15-17-28)13-12-21-8-10-22-5-1-2-6-23(22)18-21/h1-11,18-19,30H,12-17H2,(H,26,29). The molecular weight excluding hydrogens is 438 g/mol. The van der Waals surface area contributed by atoms with Crippen molar-refractivity contribution in [3.63, 3.8) is 0 Å². The highest BCUT2D eigenvalue weighted by Gasteiger charge is 2.28. The predicted octanol–water partition coefficient (Wildman–Crippen LogP) is 2.91. The highest BCUT2D eigenvalue weighted by Crippen LogP contribution is 2.20. The minimum atomic E-state index is -3.62. The Morgan fingerprint density at radius 2 is 1.70 bits per heavy atom. The molecule has 2 N–H and O–H groups in total. The molecule has 4 rings (SSSR count). The number of hydrogen-bond donors (Lipinski definition) is 2. The Hall–Kier alpha value is -3.04. The van der Waals surface area contributed by atoms with E-state index in [0.29, 0.717) is 31.7 Å². The van der Waals surface area contributed by atoms with Gasteiger partial charge in [-0.1, -0.05) is 54.6 Å². The zero-order valence-electron chi connectivity index (χ0n) is 18.2. The first-order valence-electron chi connectivity index (χ1n) is 10.9. The smallest absolute Gasteiger partial charge is 0.267 e. The van der Waals surface area contributed by atoms with E-state index in [2.05, 4.69) is 35.2 Å². The molecule has 0 spiro atoms. The van der Waals surface area contributed by atoms with Gasteiger partial charge in [-0.2, -0.15) is 4.31 Å². The summed E-state index contributed by atoms with van der Waals surface area (Å²) < 4.78 is 27.7. The molecule has 0 atom stereocenters. The Kier molecular flexibility index (Phi) is 7.20. The first-order valence-corrected chi connectivity index (χ1v) is 12.3. The van der Waals surface area contributed by atoms with Crippen molar-refractivity contribution in [1.82, 2.24) is 14.7 Å². The summed E-state index contributed by atoms with van der Waals surface area (Å²) in [5.41, 5.74) is 3.35. The monoisotopic (exact) mass is 465 g/mol. The summed E-state index contributed by atoms with van der Waals surface area (Å²) in [5, 5.41) is 11.0. The zero-order valence-corrected chi connectivity index (χ0v) is 19.0. The third-order valence-corrected chi connectivity index (χ3v) is 7.79. The molecule has 0 bridgehead atoms. The summed E-state index contributed by atoms with van der Waals surface area (Å²) in [6, 6.07) is 21.3. The minimum absolute atomic E-state index is 0.193. The van der Waals surface area contributed by atoms with Crippen LogP contribution < -0.4 is 5.48 Å². The molecule has 1 aliphatic rings. The molecule has 1 heterocycles. The van der Waals surface area contributed by atoms with Crippen LogP contribution in [-0.2, 0) is 21.2 Å². The van der Waals surface area contributed by atoms with Crippen molar-refractivity contribution in [2.24, 2.45) is 0 Å². The van der Waals surface area contributed by atoms with E-state index in [1.165, 1.54) is 38.3 Å². The quantitative estimate of drug-likeness (QED) is 0.318. The summed E-state index contributed by atoms with van der Waals surface area (Å²) in [7, 11) is -3.62. The van der Waals surface area contributed by atoms with Crippen molar-refractivity contribution in [3.8, 4) is 0 Å². The third-order valence-electron chi connectivity index (χ3n) is 5.90. The van der Waals surface area contributed by atoms with Crippen LogP contribution in [0.3, 0.4) is 0 Å². The molecule has 1 aliphatic heterocycles. The summed E-state index contributed by atoms with van der Waals surface area (Å²) in [6.07, 6.45) is 3.52. The van der Waals surface area contributed by atoms with Gasteiger partial charge in [0.05, 0.1) is 4.90 Å². The van der Waals surface area contributed by atoms with Crippen LogP contribution in [0.2, 0.25) is 0 Å². The molecule has 0 unspecified atom stereocenters. The number of fused-ring (bicyclic) bond motifs is 1. The second-order valence-corrected chi connectivity index (χ2v) is 10.00. The number of rotatable bonds is 7. The van der Waals surface area contributed by atoms with Gasteiger partial charge in [0.2, 0.25) is 10.0 Å². The van der Waals surface area contributed by atoms with Crippen LogP contribution in [0.5, 0.6) is 0 Å². The molecule has 1 saturated heterocycles. The number of hydroxylamine groups is 1. The fourth-order valence-electron chi connectivity index (χ4n) is 4.01. The van der Waals surface area contributed by atoms with Gasteiger partial charge < -0.3 is 4.90 Å². The topological polar surface area (TPSA) is 90.0 Å². The van der Waals surface area contributed by atoms with Crippen molar-refractivity contribution >= 4 is 32.8 Å². The van der Waals surface area contributed by atoms with Crippen LogP contribution in [0.4, 0.5) is 0 Å². The van der Waals surface area contributed by atoms with Gasteiger partial charge in [0.1, 0.15) is 0 Å². The molecule has 3 aromatic carbocycles. The van der Waals surface area contributed by atoms with Gasteiger partial charge in [-0.3, -0.25) is 10.0 Å². The number of piperazine rings is 1. The van der Waals surface area contributed by atoms with Gasteiger partial charge in [0.15, 0.2) is 0 Å². The zero-order chi connectivity index (χ0) is 23.3. The fourth-order valence-corrected chi connectivity index (χ4v) is 5.49. The van der Waals surface area contributed by atoms with Crippen LogP contribution in [0, 0.1) is 0 Å². The van der Waals surface area contributed by atoms with Gasteiger partial charge in [-0.05, 0) is 46.5 Å². The lowest BCUT2D eigenvalue weighted by Crippen LogP contribution is -2.49. The van der Waals surface area contributed by atoms with Crippen LogP contribution in [0.15, 0.2) is 77.7 Å². The SMILES string of the molecule is O=C(C=Cc1cccc(S(=O)(=O)N2CCN(CCc3ccc4ccccc4c3)CC2)c1)NO. The van der Waals surface area contributed by atoms with Crippen molar-refractivity contribution in [1.29, 1.82) is 0 Å². The molecule has 0 aliphatic carbocycles. The first-order chi connectivity index (χ1) is 16.0. The Balaban J connectivity index is 1.34. The predicted molar refractivity (Wildman–Crippen MR) is 128 cm³/mol. The number of sulfonamides is 1. The minimum Gasteiger partial charge on any atom is -0.300 e. The van der Waals surface area contributed by atoms with E-state index < -0.39 is 15.9 Å². The second kappa shape index (κ2) is 10.3. The summed E-state index contributed by atoms with van der Waals surface area (Å²) in [5.74, 6) is -0.678. The lowest BCUT2D eigenvalue weighted by Gasteiger charge is -2.34. The highest BCUT2D eigenvalue weighted by molar-refractivity contribution is 7.89. The Morgan fingerprint density at radius 1 is 0.939 bits per heavy atom. The van der Waals surface area contributed by atoms with Gasteiger partial charge >= 0.3 is 0 Å². The van der Waals surface area contributed by atoms with Crippen molar-refractivity contribution < 1.29 is 18.4 Å². The van der Waals surface area contributed by atoms with Crippen LogP contribution in [0.25, 0.3) is 16.8 Å². The highest BCUT2D eigenvalue weighted by atomic mass is 32.2. The number of nitrogens with zero attached hydrogens (tertiary/aromatic N) is 2. The Bertz CT molecular complexity index is 1270. The summed E-state index contributed by atoms with van der Waals surface area (Å²) in [6.45, 7) is 3.13. The van der Waals surface area contributed by atoms with Crippen LogP contribution >= 0.6 is 0 Å². The molecule has 1 amide bonds. The van der Waals surface area contributed by atoms with Crippen LogP contribution in [-0.4, -0.2) is 61.5 Å². The average molecular weight is 466 g/mol. The average Bonchev–Trinajstić information content (AvgIpc) is 2.86. The molecule has 8 heteroatoms. The fraction of sp³-hybridized carbons (Fsp3) is 0.240. The molecule has 172 valence electrons. The number of carbonyl (C=O) groups is 1. The van der Waals surface area contributed by atoms with Gasteiger partial charge in [-0.25, -0.2) is 13.9 Å². The largest absolute Gasteiger partial charge is 0.300 e. The molecule has 1 fully saturated rings. The number of benzene rings is 3. The number of nitrogens with one attached hydrogen (secondary N) is 1. The number of carbonyl (C=O) groups excluding carboxylic acids is 1. The first kappa shape index (κ1) is 23.1. The molecule has 3 aromatic rings. The maximum Gasteiger partial charge on any atom is 0.267 e. The van der Waals surface area contributed by atoms with E-state index in [1.807, 2.05) is 12.1 Å². The molecular formula is C25H27N3O4S. The Morgan fingerprint density at radius 3 is 2.45 bits per heavy atom. The molecule has 0 saturated carbocycles. The van der Waals surface area contributed by atoms with Gasteiger partial charge in [0, 0.05) is 38.8 Å². The maximum absolute atomic E-state index is 13.1. The summed E-state index contributed by atoms with van der Waals surface area (Å²) >= 11 is 0. The van der Waals surface area contributed by atoms with Crippen molar-refractivity contribution in [3.05, 3.63) is 83.9 Å². The molecule has 7 nitrogen and oxygen atoms in total. The lowest BCUT2D eigenvalue weighted by molar-refractivity contribution is -0.124. The number of hydrogen-bond acceptors (Lipinski definition) is 5.